The van der Waals surface area contributed by atoms with E-state index in [0.29, 0.717) is 42.8 Å². The summed E-state index contributed by atoms with van der Waals surface area (Å²) in [5, 5.41) is 15.0. The molecule has 0 atom stereocenters. The number of pyridine rings is 1. The van der Waals surface area contributed by atoms with E-state index < -0.39 is 0 Å². The van der Waals surface area contributed by atoms with Crippen molar-refractivity contribution in [2.24, 2.45) is 5.92 Å². The maximum atomic E-state index is 13.1. The van der Waals surface area contributed by atoms with Gasteiger partial charge in [-0.2, -0.15) is 5.26 Å². The van der Waals surface area contributed by atoms with Crippen molar-refractivity contribution in [1.82, 2.24) is 20.1 Å². The van der Waals surface area contributed by atoms with Crippen molar-refractivity contribution >= 4 is 23.4 Å². The number of carbonyl (C=O) groups is 3. The average Bonchev–Trinajstić information content (AvgIpc) is 3.93. The standard InChI is InChI=1S/C35H38N6O4/c36-21-24-1-3-25(4-2-24)23-40-17-13-29(14-18-40)39-34(43)27-7-12-32(37-22-27)35(44)41-19-15-31(16-20-41)45-30-10-8-28(9-11-30)38-33(42)26-5-6-26/h1-4,7-12,22,26,29,31H,5-6,13-20,23H2,(H,38,42)(H,39,43). The van der Waals surface area contributed by atoms with Crippen molar-refractivity contribution < 1.29 is 19.1 Å². The van der Waals surface area contributed by atoms with Crippen molar-refractivity contribution in [3.63, 3.8) is 0 Å². The zero-order valence-corrected chi connectivity index (χ0v) is 25.3. The summed E-state index contributed by atoms with van der Waals surface area (Å²) in [6, 6.07) is 20.6. The highest BCUT2D eigenvalue weighted by molar-refractivity contribution is 5.96. The van der Waals surface area contributed by atoms with Crippen LogP contribution in [-0.4, -0.2) is 70.8 Å². The molecule has 0 spiro atoms. The van der Waals surface area contributed by atoms with E-state index in [1.54, 1.807) is 17.0 Å². The van der Waals surface area contributed by atoms with E-state index in [0.717, 1.165) is 56.8 Å². The number of likely N-dealkylation sites (tertiary alicyclic amines) is 2. The lowest BCUT2D eigenvalue weighted by molar-refractivity contribution is -0.117. The van der Waals surface area contributed by atoms with Gasteiger partial charge in [-0.15, -0.1) is 0 Å². The molecule has 0 bridgehead atoms. The Balaban J connectivity index is 0.914. The third-order valence-corrected chi connectivity index (χ3v) is 8.76. The van der Waals surface area contributed by atoms with Gasteiger partial charge in [0.25, 0.3) is 11.8 Å². The van der Waals surface area contributed by atoms with Crippen LogP contribution >= 0.6 is 0 Å². The SMILES string of the molecule is N#Cc1ccc(CN2CCC(NC(=O)c3ccc(C(=O)N4CCC(Oc5ccc(NC(=O)C6CC6)cc5)CC4)nc3)CC2)cc1. The van der Waals surface area contributed by atoms with E-state index in [4.69, 9.17) is 10.00 Å². The first kappa shape index (κ1) is 30.3. The van der Waals surface area contributed by atoms with Gasteiger partial charge in [0.15, 0.2) is 0 Å². The van der Waals surface area contributed by atoms with Gasteiger partial charge in [0, 0.05) is 69.4 Å². The Bertz CT molecular complexity index is 1530. The number of nitrogens with zero attached hydrogens (tertiary/aromatic N) is 4. The molecule has 0 unspecified atom stereocenters. The van der Waals surface area contributed by atoms with E-state index in [1.165, 1.54) is 11.8 Å². The number of rotatable bonds is 9. The number of hydrogen-bond acceptors (Lipinski definition) is 7. The summed E-state index contributed by atoms with van der Waals surface area (Å²) in [7, 11) is 0. The van der Waals surface area contributed by atoms with Crippen LogP contribution < -0.4 is 15.4 Å². The molecule has 232 valence electrons. The smallest absolute Gasteiger partial charge is 0.272 e. The molecule has 3 aromatic rings. The fourth-order valence-electron chi connectivity index (χ4n) is 5.84. The van der Waals surface area contributed by atoms with Gasteiger partial charge in [-0.3, -0.25) is 24.3 Å². The van der Waals surface area contributed by atoms with Gasteiger partial charge < -0.3 is 20.3 Å². The van der Waals surface area contributed by atoms with Crippen LogP contribution in [0.4, 0.5) is 5.69 Å². The van der Waals surface area contributed by atoms with Crippen LogP contribution in [0.15, 0.2) is 66.9 Å². The largest absolute Gasteiger partial charge is 0.490 e. The van der Waals surface area contributed by atoms with Crippen LogP contribution in [0.1, 0.15) is 70.5 Å². The molecule has 1 aliphatic carbocycles. The molecule has 45 heavy (non-hydrogen) atoms. The molecule has 10 nitrogen and oxygen atoms in total. The van der Waals surface area contributed by atoms with E-state index in [-0.39, 0.29) is 35.8 Å². The van der Waals surface area contributed by atoms with Gasteiger partial charge in [0.05, 0.1) is 17.2 Å². The summed E-state index contributed by atoms with van der Waals surface area (Å²) in [5.41, 5.74) is 3.37. The van der Waals surface area contributed by atoms with E-state index >= 15 is 0 Å². The van der Waals surface area contributed by atoms with Crippen LogP contribution in [-0.2, 0) is 11.3 Å². The van der Waals surface area contributed by atoms with Gasteiger partial charge in [-0.25, -0.2) is 0 Å². The fraction of sp³-hybridized carbons (Fsp3) is 0.400. The monoisotopic (exact) mass is 606 g/mol. The predicted molar refractivity (Wildman–Crippen MR) is 169 cm³/mol. The summed E-state index contributed by atoms with van der Waals surface area (Å²) < 4.78 is 6.13. The number of amides is 3. The topological polar surface area (TPSA) is 128 Å². The maximum absolute atomic E-state index is 13.1. The molecule has 1 aromatic heterocycles. The third kappa shape index (κ3) is 8.05. The molecule has 2 aromatic carbocycles. The number of hydrogen-bond donors (Lipinski definition) is 2. The van der Waals surface area contributed by atoms with Gasteiger partial charge in [-0.1, -0.05) is 12.1 Å². The lowest BCUT2D eigenvalue weighted by atomic mass is 10.0. The third-order valence-electron chi connectivity index (χ3n) is 8.76. The second kappa shape index (κ2) is 13.9. The lowest BCUT2D eigenvalue weighted by Gasteiger charge is -2.32. The summed E-state index contributed by atoms with van der Waals surface area (Å²) in [5.74, 6) is 0.662. The van der Waals surface area contributed by atoms with Gasteiger partial charge in [-0.05, 0) is 79.8 Å². The molecule has 6 rings (SSSR count). The minimum Gasteiger partial charge on any atom is -0.490 e. The second-order valence-electron chi connectivity index (χ2n) is 12.2. The highest BCUT2D eigenvalue weighted by Gasteiger charge is 2.30. The highest BCUT2D eigenvalue weighted by atomic mass is 16.5. The predicted octanol–water partition coefficient (Wildman–Crippen LogP) is 4.38. The molecule has 3 heterocycles. The molecular formula is C35H38N6O4. The molecular weight excluding hydrogens is 568 g/mol. The van der Waals surface area contributed by atoms with Crippen molar-refractivity contribution in [2.75, 3.05) is 31.5 Å². The summed E-state index contributed by atoms with van der Waals surface area (Å²) in [4.78, 5) is 46.4. The first-order valence-corrected chi connectivity index (χ1v) is 15.8. The molecule has 0 radical (unpaired) electrons. The van der Waals surface area contributed by atoms with Crippen molar-refractivity contribution in [3.05, 3.63) is 89.2 Å². The van der Waals surface area contributed by atoms with E-state index in [9.17, 15) is 14.4 Å². The minimum atomic E-state index is -0.177. The van der Waals surface area contributed by atoms with E-state index in [2.05, 4.69) is 26.6 Å². The molecule has 2 N–H and O–H groups in total. The zero-order valence-electron chi connectivity index (χ0n) is 25.3. The summed E-state index contributed by atoms with van der Waals surface area (Å²) in [6.45, 7) is 3.71. The lowest BCUT2D eigenvalue weighted by Crippen LogP contribution is -2.44. The Morgan fingerprint density at radius 3 is 2.20 bits per heavy atom. The van der Waals surface area contributed by atoms with Crippen LogP contribution in [0.5, 0.6) is 5.75 Å². The Labute approximate surface area is 263 Å². The number of piperidine rings is 2. The molecule has 2 saturated heterocycles. The molecule has 3 fully saturated rings. The zero-order chi connectivity index (χ0) is 31.2. The molecule has 10 heteroatoms. The Kier molecular flexibility index (Phi) is 9.36. The van der Waals surface area contributed by atoms with Crippen LogP contribution in [0, 0.1) is 17.2 Å². The van der Waals surface area contributed by atoms with Crippen LogP contribution in [0.2, 0.25) is 0 Å². The summed E-state index contributed by atoms with van der Waals surface area (Å²) in [6.07, 6.45) is 6.55. The highest BCUT2D eigenvalue weighted by Crippen LogP contribution is 2.30. The van der Waals surface area contributed by atoms with E-state index in [1.807, 2.05) is 48.5 Å². The van der Waals surface area contributed by atoms with Gasteiger partial charge in [0.1, 0.15) is 17.5 Å². The average molecular weight is 607 g/mol. The number of ether oxygens (including phenoxy) is 1. The number of benzene rings is 2. The fourth-order valence-corrected chi connectivity index (χ4v) is 5.84. The van der Waals surface area contributed by atoms with Crippen LogP contribution in [0.25, 0.3) is 0 Å². The second-order valence-corrected chi connectivity index (χ2v) is 12.2. The minimum absolute atomic E-state index is 0.00261. The number of anilines is 1. The molecule has 3 amide bonds. The number of aromatic nitrogens is 1. The maximum Gasteiger partial charge on any atom is 0.272 e. The number of nitriles is 1. The first-order valence-electron chi connectivity index (χ1n) is 15.8. The normalized spacial score (nSPS) is 17.7. The Hall–Kier alpha value is -4.75. The molecule has 3 aliphatic rings. The Morgan fingerprint density at radius 1 is 0.867 bits per heavy atom. The van der Waals surface area contributed by atoms with Crippen molar-refractivity contribution in [3.8, 4) is 11.8 Å². The van der Waals surface area contributed by atoms with Crippen molar-refractivity contribution in [1.29, 1.82) is 5.26 Å². The van der Waals surface area contributed by atoms with Gasteiger partial charge in [0.2, 0.25) is 5.91 Å². The van der Waals surface area contributed by atoms with Crippen molar-refractivity contribution in [2.45, 2.75) is 57.2 Å². The first-order chi connectivity index (χ1) is 21.9. The Morgan fingerprint density at radius 2 is 1.58 bits per heavy atom. The number of carbonyl (C=O) groups excluding carboxylic acids is 3. The quantitative estimate of drug-likeness (QED) is 0.370. The molecule has 2 aliphatic heterocycles. The van der Waals surface area contributed by atoms with Gasteiger partial charge >= 0.3 is 0 Å². The number of nitrogens with one attached hydrogen (secondary N) is 2. The summed E-state index contributed by atoms with van der Waals surface area (Å²) >= 11 is 0. The molecule has 1 saturated carbocycles. The van der Waals surface area contributed by atoms with Crippen LogP contribution in [0.3, 0.4) is 0 Å².